The highest BCUT2D eigenvalue weighted by atomic mass is 16.7. The first-order chi connectivity index (χ1) is 8.38. The van der Waals surface area contributed by atoms with Gasteiger partial charge in [-0.3, -0.25) is 0 Å². The van der Waals surface area contributed by atoms with Gasteiger partial charge >= 0.3 is 0 Å². The van der Waals surface area contributed by atoms with Crippen molar-refractivity contribution in [3.63, 3.8) is 0 Å². The Bertz CT molecular complexity index is 207. The summed E-state index contributed by atoms with van der Waals surface area (Å²) in [6.45, 7) is 5.23. The van der Waals surface area contributed by atoms with Gasteiger partial charge in [0.2, 0.25) is 0 Å². The minimum Gasteiger partial charge on any atom is -0.396 e. The molecule has 0 radical (unpaired) electrons. The Balaban J connectivity index is 1.53. The van der Waals surface area contributed by atoms with E-state index in [1.54, 1.807) is 0 Å². The highest BCUT2D eigenvalue weighted by Gasteiger charge is 2.22. The molecule has 0 spiro atoms. The van der Waals surface area contributed by atoms with E-state index in [2.05, 4.69) is 4.90 Å². The van der Waals surface area contributed by atoms with Crippen molar-refractivity contribution in [3.8, 4) is 0 Å². The maximum absolute atomic E-state index is 8.90. The standard InChI is InChI=1S/C13H25NO3/c15-8-5-12-4-6-14(11-12)7-10-17-13-3-1-2-9-16-13/h12-13,15H,1-11H2. The van der Waals surface area contributed by atoms with Crippen molar-refractivity contribution in [2.75, 3.05) is 39.5 Å². The van der Waals surface area contributed by atoms with E-state index < -0.39 is 0 Å². The first kappa shape index (κ1) is 13.3. The Hall–Kier alpha value is -0.160. The fraction of sp³-hybridized carbons (Fsp3) is 1.00. The fourth-order valence-electron chi connectivity index (χ4n) is 2.69. The van der Waals surface area contributed by atoms with Crippen LogP contribution in [0.1, 0.15) is 32.1 Å². The topological polar surface area (TPSA) is 41.9 Å². The van der Waals surface area contributed by atoms with Gasteiger partial charge in [0.1, 0.15) is 0 Å². The highest BCUT2D eigenvalue weighted by Crippen LogP contribution is 2.19. The minimum atomic E-state index is 0.0413. The summed E-state index contributed by atoms with van der Waals surface area (Å²) in [5, 5.41) is 8.90. The molecule has 0 aromatic heterocycles. The molecule has 2 atom stereocenters. The maximum Gasteiger partial charge on any atom is 0.157 e. The van der Waals surface area contributed by atoms with Crippen molar-refractivity contribution in [2.24, 2.45) is 5.92 Å². The number of aliphatic hydroxyl groups is 1. The van der Waals surface area contributed by atoms with Crippen molar-refractivity contribution in [3.05, 3.63) is 0 Å². The van der Waals surface area contributed by atoms with Crippen LogP contribution < -0.4 is 0 Å². The molecule has 0 amide bonds. The van der Waals surface area contributed by atoms with Gasteiger partial charge in [-0.15, -0.1) is 0 Å². The number of ether oxygens (including phenoxy) is 2. The average Bonchev–Trinajstić information content (AvgIpc) is 2.79. The number of rotatable bonds is 6. The van der Waals surface area contributed by atoms with Gasteiger partial charge in [-0.25, -0.2) is 0 Å². The lowest BCUT2D eigenvalue weighted by Crippen LogP contribution is -2.29. The van der Waals surface area contributed by atoms with E-state index in [4.69, 9.17) is 14.6 Å². The second kappa shape index (κ2) is 7.31. The number of hydrogen-bond acceptors (Lipinski definition) is 4. The Kier molecular flexibility index (Phi) is 5.71. The van der Waals surface area contributed by atoms with E-state index in [1.807, 2.05) is 0 Å². The van der Waals surface area contributed by atoms with Gasteiger partial charge in [0.05, 0.1) is 6.61 Å². The molecule has 2 rings (SSSR count). The summed E-state index contributed by atoms with van der Waals surface area (Å²) in [6.07, 6.45) is 5.66. The Morgan fingerprint density at radius 3 is 3.00 bits per heavy atom. The second-order valence-corrected chi connectivity index (χ2v) is 5.13. The molecule has 2 aliphatic heterocycles. The van der Waals surface area contributed by atoms with Crippen molar-refractivity contribution < 1.29 is 14.6 Å². The molecule has 100 valence electrons. The van der Waals surface area contributed by atoms with Gasteiger partial charge < -0.3 is 19.5 Å². The van der Waals surface area contributed by atoms with Crippen LogP contribution in [0.2, 0.25) is 0 Å². The van der Waals surface area contributed by atoms with Crippen LogP contribution in [0.5, 0.6) is 0 Å². The molecule has 0 aliphatic carbocycles. The zero-order valence-corrected chi connectivity index (χ0v) is 10.6. The average molecular weight is 243 g/mol. The molecule has 2 heterocycles. The van der Waals surface area contributed by atoms with E-state index in [0.717, 1.165) is 45.7 Å². The quantitative estimate of drug-likeness (QED) is 0.762. The molecule has 0 aromatic rings. The van der Waals surface area contributed by atoms with Gasteiger partial charge in [-0.2, -0.15) is 0 Å². The Morgan fingerprint density at radius 2 is 2.24 bits per heavy atom. The zero-order valence-electron chi connectivity index (χ0n) is 10.6. The SMILES string of the molecule is OCCC1CCN(CCOC2CCCCO2)C1. The first-order valence-electron chi connectivity index (χ1n) is 6.95. The number of nitrogens with zero attached hydrogens (tertiary/aromatic N) is 1. The maximum atomic E-state index is 8.90. The van der Waals surface area contributed by atoms with E-state index >= 15 is 0 Å². The lowest BCUT2D eigenvalue weighted by molar-refractivity contribution is -0.163. The molecule has 2 fully saturated rings. The summed E-state index contributed by atoms with van der Waals surface area (Å²) >= 11 is 0. The highest BCUT2D eigenvalue weighted by molar-refractivity contribution is 4.75. The van der Waals surface area contributed by atoms with Crippen LogP contribution >= 0.6 is 0 Å². The summed E-state index contributed by atoms with van der Waals surface area (Å²) in [5.74, 6) is 0.686. The van der Waals surface area contributed by atoms with E-state index in [-0.39, 0.29) is 6.29 Å². The van der Waals surface area contributed by atoms with Crippen molar-refractivity contribution in [1.82, 2.24) is 4.90 Å². The largest absolute Gasteiger partial charge is 0.396 e. The Morgan fingerprint density at radius 1 is 1.29 bits per heavy atom. The summed E-state index contributed by atoms with van der Waals surface area (Å²) in [7, 11) is 0. The van der Waals surface area contributed by atoms with Crippen molar-refractivity contribution in [1.29, 1.82) is 0 Å². The zero-order chi connectivity index (χ0) is 11.9. The normalized spacial score (nSPS) is 30.9. The van der Waals surface area contributed by atoms with Crippen LogP contribution in [0.4, 0.5) is 0 Å². The minimum absolute atomic E-state index is 0.0413. The van der Waals surface area contributed by atoms with E-state index in [1.165, 1.54) is 19.3 Å². The van der Waals surface area contributed by atoms with Gasteiger partial charge in [-0.1, -0.05) is 0 Å². The second-order valence-electron chi connectivity index (χ2n) is 5.13. The third-order valence-corrected chi connectivity index (χ3v) is 3.76. The van der Waals surface area contributed by atoms with Crippen molar-refractivity contribution in [2.45, 2.75) is 38.4 Å². The lowest BCUT2D eigenvalue weighted by Gasteiger charge is -2.24. The van der Waals surface area contributed by atoms with Gasteiger partial charge in [-0.05, 0) is 44.6 Å². The number of likely N-dealkylation sites (tertiary alicyclic amines) is 1. The third-order valence-electron chi connectivity index (χ3n) is 3.76. The van der Waals surface area contributed by atoms with Crippen molar-refractivity contribution >= 4 is 0 Å². The molecule has 4 nitrogen and oxygen atoms in total. The molecular formula is C13H25NO3. The van der Waals surface area contributed by atoms with Gasteiger partial charge in [0, 0.05) is 26.3 Å². The molecule has 0 bridgehead atoms. The molecule has 4 heteroatoms. The molecule has 2 aliphatic rings. The van der Waals surface area contributed by atoms with Crippen LogP contribution in [-0.4, -0.2) is 55.8 Å². The lowest BCUT2D eigenvalue weighted by atomic mass is 10.1. The van der Waals surface area contributed by atoms with Crippen LogP contribution in [0.3, 0.4) is 0 Å². The molecule has 0 aromatic carbocycles. The molecule has 17 heavy (non-hydrogen) atoms. The summed E-state index contributed by atoms with van der Waals surface area (Å²) in [6, 6.07) is 0. The van der Waals surface area contributed by atoms with Crippen LogP contribution in [0, 0.1) is 5.92 Å². The molecule has 1 N–H and O–H groups in total. The first-order valence-corrected chi connectivity index (χ1v) is 6.95. The Labute approximate surface area is 104 Å². The van der Waals surface area contributed by atoms with Crippen LogP contribution in [-0.2, 0) is 9.47 Å². The summed E-state index contributed by atoms with van der Waals surface area (Å²) < 4.78 is 11.3. The fourth-order valence-corrected chi connectivity index (χ4v) is 2.69. The van der Waals surface area contributed by atoms with E-state index in [0.29, 0.717) is 12.5 Å². The number of aliphatic hydroxyl groups excluding tert-OH is 1. The summed E-state index contributed by atoms with van der Waals surface area (Å²) in [4.78, 5) is 2.43. The van der Waals surface area contributed by atoms with E-state index in [9.17, 15) is 0 Å². The smallest absolute Gasteiger partial charge is 0.157 e. The molecule has 2 saturated heterocycles. The third kappa shape index (κ3) is 4.54. The van der Waals surface area contributed by atoms with Gasteiger partial charge in [0.25, 0.3) is 0 Å². The molecule has 0 saturated carbocycles. The molecular weight excluding hydrogens is 218 g/mol. The predicted molar refractivity (Wildman–Crippen MR) is 65.8 cm³/mol. The predicted octanol–water partition coefficient (Wildman–Crippen LogP) is 1.23. The monoisotopic (exact) mass is 243 g/mol. The van der Waals surface area contributed by atoms with Crippen LogP contribution in [0.15, 0.2) is 0 Å². The van der Waals surface area contributed by atoms with Crippen LogP contribution in [0.25, 0.3) is 0 Å². The molecule has 2 unspecified atom stereocenters. The van der Waals surface area contributed by atoms with Gasteiger partial charge in [0.15, 0.2) is 6.29 Å². The summed E-state index contributed by atoms with van der Waals surface area (Å²) in [5.41, 5.74) is 0. The number of hydrogen-bond donors (Lipinski definition) is 1.